The van der Waals surface area contributed by atoms with Gasteiger partial charge in [0.2, 0.25) is 5.91 Å². The van der Waals surface area contributed by atoms with Crippen LogP contribution in [0.25, 0.3) is 0 Å². The van der Waals surface area contributed by atoms with Gasteiger partial charge in [-0.25, -0.2) is 4.79 Å². The molecule has 0 aliphatic carbocycles. The molecule has 0 saturated heterocycles. The largest absolute Gasteiger partial charge is 0.383 e. The zero-order valence-corrected chi connectivity index (χ0v) is 17.6. The van der Waals surface area contributed by atoms with Crippen LogP contribution in [0.3, 0.4) is 0 Å². The third-order valence-electron chi connectivity index (χ3n) is 4.38. The number of ether oxygens (including phenoxy) is 1. The highest BCUT2D eigenvalue weighted by molar-refractivity contribution is 6.30. The number of carbonyl (C=O) groups is 2. The number of benzene rings is 1. The van der Waals surface area contributed by atoms with Crippen molar-refractivity contribution >= 4 is 29.2 Å². The van der Waals surface area contributed by atoms with Gasteiger partial charge in [0.25, 0.3) is 0 Å². The monoisotopic (exact) mass is 418 g/mol. The number of nitrogens with zero attached hydrogens (tertiary/aromatic N) is 3. The lowest BCUT2D eigenvalue weighted by atomic mass is 10.3. The summed E-state index contributed by atoms with van der Waals surface area (Å²) in [6.45, 7) is 5.14. The molecule has 29 heavy (non-hydrogen) atoms. The van der Waals surface area contributed by atoms with Crippen molar-refractivity contribution in [2.24, 2.45) is 7.05 Å². The minimum Gasteiger partial charge on any atom is -0.383 e. The molecule has 8 heteroatoms. The van der Waals surface area contributed by atoms with Gasteiger partial charge < -0.3 is 24.4 Å². The first-order valence-electron chi connectivity index (χ1n) is 9.24. The summed E-state index contributed by atoms with van der Waals surface area (Å²) in [7, 11) is 3.52. The van der Waals surface area contributed by atoms with Crippen LogP contribution in [0, 0.1) is 0 Å². The number of nitrogens with one attached hydrogen (secondary N) is 1. The van der Waals surface area contributed by atoms with E-state index in [1.807, 2.05) is 29.9 Å². The molecule has 1 heterocycles. The number of aryl methyl sites for hydroxylation is 1. The van der Waals surface area contributed by atoms with Crippen molar-refractivity contribution in [2.75, 3.05) is 38.7 Å². The lowest BCUT2D eigenvalue weighted by molar-refractivity contribution is -0.133. The van der Waals surface area contributed by atoms with Crippen LogP contribution in [0.4, 0.5) is 10.5 Å². The number of carbonyl (C=O) groups excluding carboxylic acids is 2. The van der Waals surface area contributed by atoms with E-state index in [0.29, 0.717) is 30.4 Å². The van der Waals surface area contributed by atoms with Gasteiger partial charge >= 0.3 is 6.03 Å². The number of halogens is 1. The van der Waals surface area contributed by atoms with Crippen LogP contribution in [0.15, 0.2) is 55.3 Å². The van der Waals surface area contributed by atoms with E-state index in [-0.39, 0.29) is 25.0 Å². The zero-order chi connectivity index (χ0) is 21.2. The molecule has 2 rings (SSSR count). The fourth-order valence-corrected chi connectivity index (χ4v) is 2.85. The second kappa shape index (κ2) is 11.3. The lowest BCUT2D eigenvalue weighted by Gasteiger charge is -2.27. The number of aromatic nitrogens is 1. The fourth-order valence-electron chi connectivity index (χ4n) is 2.72. The van der Waals surface area contributed by atoms with Crippen molar-refractivity contribution in [1.82, 2.24) is 14.4 Å². The second-order valence-electron chi connectivity index (χ2n) is 6.52. The van der Waals surface area contributed by atoms with Crippen molar-refractivity contribution in [3.8, 4) is 0 Å². The maximum Gasteiger partial charge on any atom is 0.322 e. The molecule has 7 nitrogen and oxygen atoms in total. The zero-order valence-electron chi connectivity index (χ0n) is 16.8. The summed E-state index contributed by atoms with van der Waals surface area (Å²) in [5.74, 6) is -0.170. The van der Waals surface area contributed by atoms with Gasteiger partial charge in [-0.15, -0.1) is 6.58 Å². The standard InChI is InChI=1S/C21H27ClN4O3/c1-4-11-26(21(28)23-18-9-7-17(22)8-10-18)16-20(27)25(13-14-29-3)15-19-6-5-12-24(19)2/h4-10,12H,1,11,13-16H2,2-3H3,(H,23,28). The van der Waals surface area contributed by atoms with Gasteiger partial charge in [0.1, 0.15) is 6.54 Å². The molecule has 0 aliphatic heterocycles. The molecule has 0 unspecified atom stereocenters. The van der Waals surface area contributed by atoms with Gasteiger partial charge in [0.15, 0.2) is 0 Å². The Morgan fingerprint density at radius 2 is 1.97 bits per heavy atom. The highest BCUT2D eigenvalue weighted by Crippen LogP contribution is 2.14. The lowest BCUT2D eigenvalue weighted by Crippen LogP contribution is -2.45. The summed E-state index contributed by atoms with van der Waals surface area (Å²) in [5.41, 5.74) is 1.59. The Labute approximate surface area is 176 Å². The van der Waals surface area contributed by atoms with Crippen molar-refractivity contribution in [2.45, 2.75) is 6.54 Å². The normalized spacial score (nSPS) is 10.4. The van der Waals surface area contributed by atoms with E-state index in [0.717, 1.165) is 5.69 Å². The van der Waals surface area contributed by atoms with Crippen LogP contribution < -0.4 is 5.32 Å². The molecule has 1 aromatic carbocycles. The van der Waals surface area contributed by atoms with Crippen LogP contribution in [0.5, 0.6) is 0 Å². The molecule has 0 radical (unpaired) electrons. The highest BCUT2D eigenvalue weighted by Gasteiger charge is 2.21. The Bertz CT molecular complexity index is 820. The average molecular weight is 419 g/mol. The van der Waals surface area contributed by atoms with Crippen molar-refractivity contribution in [1.29, 1.82) is 0 Å². The Hall–Kier alpha value is -2.77. The van der Waals surface area contributed by atoms with E-state index < -0.39 is 0 Å². The maximum absolute atomic E-state index is 13.0. The number of hydrogen-bond donors (Lipinski definition) is 1. The van der Waals surface area contributed by atoms with E-state index >= 15 is 0 Å². The van der Waals surface area contributed by atoms with E-state index in [2.05, 4.69) is 11.9 Å². The van der Waals surface area contributed by atoms with Gasteiger partial charge in [-0.05, 0) is 36.4 Å². The quantitative estimate of drug-likeness (QED) is 0.601. The average Bonchev–Trinajstić information content (AvgIpc) is 3.10. The van der Waals surface area contributed by atoms with Crippen LogP contribution in [-0.4, -0.2) is 59.7 Å². The fraction of sp³-hybridized carbons (Fsp3) is 0.333. The van der Waals surface area contributed by atoms with Gasteiger partial charge in [0, 0.05) is 49.8 Å². The van der Waals surface area contributed by atoms with Gasteiger partial charge in [-0.1, -0.05) is 17.7 Å². The first-order valence-corrected chi connectivity index (χ1v) is 9.61. The molecular formula is C21H27ClN4O3. The number of urea groups is 1. The number of methoxy groups -OCH3 is 1. The van der Waals surface area contributed by atoms with Crippen LogP contribution >= 0.6 is 11.6 Å². The van der Waals surface area contributed by atoms with Gasteiger partial charge in [-0.3, -0.25) is 4.79 Å². The molecule has 156 valence electrons. The molecule has 1 aromatic heterocycles. The summed E-state index contributed by atoms with van der Waals surface area (Å²) >= 11 is 5.88. The van der Waals surface area contributed by atoms with E-state index in [1.54, 1.807) is 42.4 Å². The summed E-state index contributed by atoms with van der Waals surface area (Å²) in [5, 5.41) is 3.36. The summed E-state index contributed by atoms with van der Waals surface area (Å²) in [6.07, 6.45) is 3.52. The predicted octanol–water partition coefficient (Wildman–Crippen LogP) is 3.37. The molecule has 0 atom stereocenters. The molecule has 0 aliphatic rings. The Morgan fingerprint density at radius 1 is 1.24 bits per heavy atom. The number of anilines is 1. The second-order valence-corrected chi connectivity index (χ2v) is 6.96. The summed E-state index contributed by atoms with van der Waals surface area (Å²) in [4.78, 5) is 28.7. The molecule has 0 spiro atoms. The smallest absolute Gasteiger partial charge is 0.322 e. The highest BCUT2D eigenvalue weighted by atomic mass is 35.5. The van der Waals surface area contributed by atoms with Crippen molar-refractivity contribution in [3.63, 3.8) is 0 Å². The third kappa shape index (κ3) is 6.96. The molecule has 0 saturated carbocycles. The van der Waals surface area contributed by atoms with E-state index in [1.165, 1.54) is 4.90 Å². The van der Waals surface area contributed by atoms with E-state index in [4.69, 9.17) is 16.3 Å². The molecule has 2 aromatic rings. The predicted molar refractivity (Wildman–Crippen MR) is 115 cm³/mol. The SMILES string of the molecule is C=CCN(CC(=O)N(CCOC)Cc1cccn1C)C(=O)Nc1ccc(Cl)cc1. The third-order valence-corrected chi connectivity index (χ3v) is 4.63. The van der Waals surface area contributed by atoms with E-state index in [9.17, 15) is 9.59 Å². The van der Waals surface area contributed by atoms with Gasteiger partial charge in [-0.2, -0.15) is 0 Å². The Kier molecular flexibility index (Phi) is 8.76. The maximum atomic E-state index is 13.0. The molecule has 1 N–H and O–H groups in total. The number of amides is 3. The van der Waals surface area contributed by atoms with Crippen molar-refractivity contribution in [3.05, 3.63) is 66.0 Å². The summed E-state index contributed by atoms with van der Waals surface area (Å²) in [6, 6.07) is 10.3. The van der Waals surface area contributed by atoms with Crippen LogP contribution in [0.1, 0.15) is 5.69 Å². The number of rotatable bonds is 10. The van der Waals surface area contributed by atoms with Gasteiger partial charge in [0.05, 0.1) is 13.2 Å². The number of hydrogen-bond acceptors (Lipinski definition) is 3. The minimum atomic E-state index is -0.383. The first kappa shape index (κ1) is 22.5. The first-order chi connectivity index (χ1) is 13.9. The Morgan fingerprint density at radius 3 is 2.55 bits per heavy atom. The molecular weight excluding hydrogens is 392 g/mol. The Balaban J connectivity index is 2.07. The van der Waals surface area contributed by atoms with Crippen LogP contribution in [-0.2, 0) is 23.1 Å². The summed E-state index contributed by atoms with van der Waals surface area (Å²) < 4.78 is 7.10. The topological polar surface area (TPSA) is 66.8 Å². The van der Waals surface area contributed by atoms with Crippen molar-refractivity contribution < 1.29 is 14.3 Å². The molecule has 0 fully saturated rings. The minimum absolute atomic E-state index is 0.0699. The molecule has 0 bridgehead atoms. The van der Waals surface area contributed by atoms with Crippen LogP contribution in [0.2, 0.25) is 5.02 Å². The molecule has 3 amide bonds.